The zero-order valence-corrected chi connectivity index (χ0v) is 19.7. The third-order valence-electron chi connectivity index (χ3n) is 7.10. The van der Waals surface area contributed by atoms with Crippen molar-refractivity contribution in [3.05, 3.63) is 29.7 Å². The van der Waals surface area contributed by atoms with Gasteiger partial charge in [0.1, 0.15) is 22.9 Å². The lowest BCUT2D eigenvalue weighted by Gasteiger charge is -2.44. The number of morpholine rings is 1. The van der Waals surface area contributed by atoms with Gasteiger partial charge in [0, 0.05) is 25.9 Å². The lowest BCUT2D eigenvalue weighted by Crippen LogP contribution is -2.52. The number of anilines is 2. The van der Waals surface area contributed by atoms with Crippen LogP contribution in [0, 0.1) is 5.82 Å². The maximum absolute atomic E-state index is 14.2. The molecule has 1 aliphatic carbocycles. The SMILES string of the molecule is CNc1nc2ccc(F)cc2n1-c1nc2c(c(C3(S(C)(=O)=O)CCC3)n1)OCC1COCCN21. The predicted octanol–water partition coefficient (Wildman–Crippen LogP) is 2.02. The fraction of sp³-hybridized carbons (Fsp3) is 0.500. The molecule has 1 saturated carbocycles. The minimum Gasteiger partial charge on any atom is -0.486 e. The highest BCUT2D eigenvalue weighted by molar-refractivity contribution is 7.91. The molecule has 12 heteroatoms. The quantitative estimate of drug-likeness (QED) is 0.589. The molecule has 6 rings (SSSR count). The first kappa shape index (κ1) is 21.5. The third kappa shape index (κ3) is 3.01. The molecule has 4 heterocycles. The molecule has 3 aliphatic rings. The maximum Gasteiger partial charge on any atom is 0.239 e. The van der Waals surface area contributed by atoms with Crippen molar-refractivity contribution in [2.45, 2.75) is 30.1 Å². The Balaban J connectivity index is 1.66. The Hall–Kier alpha value is -2.99. The van der Waals surface area contributed by atoms with Gasteiger partial charge in [-0.2, -0.15) is 4.98 Å². The molecule has 10 nitrogen and oxygen atoms in total. The van der Waals surface area contributed by atoms with Gasteiger partial charge in [0.2, 0.25) is 11.9 Å². The molecule has 180 valence electrons. The van der Waals surface area contributed by atoms with Gasteiger partial charge in [0.25, 0.3) is 0 Å². The van der Waals surface area contributed by atoms with Crippen LogP contribution in [0.25, 0.3) is 17.0 Å². The molecule has 0 bridgehead atoms. The van der Waals surface area contributed by atoms with Gasteiger partial charge in [0.05, 0.1) is 30.3 Å². The number of ether oxygens (including phenoxy) is 2. The summed E-state index contributed by atoms with van der Waals surface area (Å²) < 4.78 is 52.5. The van der Waals surface area contributed by atoms with E-state index >= 15 is 0 Å². The minimum absolute atomic E-state index is 0.0341. The molecule has 0 amide bonds. The number of halogens is 1. The summed E-state index contributed by atoms with van der Waals surface area (Å²) in [5, 5.41) is 3.02. The number of nitrogens with one attached hydrogen (secondary N) is 1. The molecule has 2 aliphatic heterocycles. The molecule has 1 saturated heterocycles. The van der Waals surface area contributed by atoms with Gasteiger partial charge in [-0.05, 0) is 31.4 Å². The molecular weight excluding hydrogens is 463 g/mol. The zero-order valence-electron chi connectivity index (χ0n) is 18.9. The number of aromatic nitrogens is 4. The second-order valence-electron chi connectivity index (χ2n) is 9.03. The normalized spacial score (nSPS) is 21.4. The number of hydrogen-bond acceptors (Lipinski definition) is 9. The van der Waals surface area contributed by atoms with E-state index in [1.807, 2.05) is 0 Å². The van der Waals surface area contributed by atoms with E-state index in [2.05, 4.69) is 15.2 Å². The van der Waals surface area contributed by atoms with Crippen molar-refractivity contribution in [2.24, 2.45) is 0 Å². The van der Waals surface area contributed by atoms with Crippen LogP contribution in [-0.4, -0.2) is 73.6 Å². The summed E-state index contributed by atoms with van der Waals surface area (Å²) in [4.78, 5) is 16.3. The first-order chi connectivity index (χ1) is 16.3. The fourth-order valence-corrected chi connectivity index (χ4v) is 6.63. The second kappa shape index (κ2) is 7.51. The number of rotatable bonds is 4. The lowest BCUT2D eigenvalue weighted by molar-refractivity contribution is 0.0687. The third-order valence-corrected chi connectivity index (χ3v) is 9.12. The fourth-order valence-electron chi connectivity index (χ4n) is 5.11. The van der Waals surface area contributed by atoms with Crippen molar-refractivity contribution in [3.63, 3.8) is 0 Å². The second-order valence-corrected chi connectivity index (χ2v) is 11.4. The van der Waals surface area contributed by atoms with Crippen LogP contribution in [0.2, 0.25) is 0 Å². The first-order valence-corrected chi connectivity index (χ1v) is 13.2. The van der Waals surface area contributed by atoms with E-state index in [9.17, 15) is 12.8 Å². The molecule has 1 N–H and O–H groups in total. The van der Waals surface area contributed by atoms with Crippen molar-refractivity contribution >= 4 is 32.6 Å². The van der Waals surface area contributed by atoms with Crippen LogP contribution in [0.5, 0.6) is 5.75 Å². The molecule has 0 radical (unpaired) electrons. The summed E-state index contributed by atoms with van der Waals surface area (Å²) in [5.41, 5.74) is 1.41. The van der Waals surface area contributed by atoms with Gasteiger partial charge < -0.3 is 19.7 Å². The van der Waals surface area contributed by atoms with E-state index in [4.69, 9.17) is 19.4 Å². The summed E-state index contributed by atoms with van der Waals surface area (Å²) in [6, 6.07) is 4.27. The van der Waals surface area contributed by atoms with Crippen molar-refractivity contribution in [3.8, 4) is 11.7 Å². The van der Waals surface area contributed by atoms with Gasteiger partial charge in [-0.3, -0.25) is 0 Å². The van der Waals surface area contributed by atoms with Crippen LogP contribution in [0.3, 0.4) is 0 Å². The Morgan fingerprint density at radius 2 is 2.03 bits per heavy atom. The molecular formula is C22H25FN6O4S. The number of hydrogen-bond donors (Lipinski definition) is 1. The van der Waals surface area contributed by atoms with E-state index in [-0.39, 0.29) is 12.0 Å². The summed E-state index contributed by atoms with van der Waals surface area (Å²) in [5.74, 6) is 1.17. The van der Waals surface area contributed by atoms with E-state index in [1.54, 1.807) is 17.7 Å². The van der Waals surface area contributed by atoms with Crippen LogP contribution in [0.15, 0.2) is 18.2 Å². The van der Waals surface area contributed by atoms with Crippen molar-refractivity contribution in [1.29, 1.82) is 0 Å². The number of benzene rings is 1. The molecule has 1 atom stereocenters. The van der Waals surface area contributed by atoms with Crippen LogP contribution in [-0.2, 0) is 19.3 Å². The van der Waals surface area contributed by atoms with Crippen LogP contribution in [0.4, 0.5) is 16.2 Å². The van der Waals surface area contributed by atoms with Gasteiger partial charge >= 0.3 is 0 Å². The Kier molecular flexibility index (Phi) is 4.75. The largest absolute Gasteiger partial charge is 0.486 e. The van der Waals surface area contributed by atoms with E-state index < -0.39 is 20.4 Å². The standard InChI is InChI=1S/C22H25FN6O4S/c1-24-20-25-15-5-4-13(23)10-16(15)29(20)21-26-18(22(6-3-7-22)34(2,30)31)17-19(27-21)28-8-9-32-11-14(28)12-33-17/h4-5,10,14H,3,6-9,11-12H2,1-2H3,(H,24,25). The highest BCUT2D eigenvalue weighted by Crippen LogP contribution is 2.52. The Morgan fingerprint density at radius 1 is 1.21 bits per heavy atom. The smallest absolute Gasteiger partial charge is 0.239 e. The molecule has 3 aromatic rings. The van der Waals surface area contributed by atoms with Crippen molar-refractivity contribution < 1.29 is 22.3 Å². The average Bonchev–Trinajstić information content (AvgIpc) is 3.14. The zero-order chi connectivity index (χ0) is 23.7. The number of nitrogens with zero attached hydrogens (tertiary/aromatic N) is 5. The molecule has 0 spiro atoms. The van der Waals surface area contributed by atoms with Crippen LogP contribution < -0.4 is 15.0 Å². The highest BCUT2D eigenvalue weighted by atomic mass is 32.2. The number of sulfone groups is 1. The van der Waals surface area contributed by atoms with E-state index in [1.165, 1.54) is 18.4 Å². The average molecular weight is 489 g/mol. The van der Waals surface area contributed by atoms with Crippen molar-refractivity contribution in [2.75, 3.05) is 49.9 Å². The van der Waals surface area contributed by atoms with E-state index in [0.29, 0.717) is 73.5 Å². The van der Waals surface area contributed by atoms with E-state index in [0.717, 1.165) is 6.42 Å². The summed E-state index contributed by atoms with van der Waals surface area (Å²) in [6.07, 6.45) is 2.95. The topological polar surface area (TPSA) is 111 Å². The maximum atomic E-state index is 14.2. The van der Waals surface area contributed by atoms with Gasteiger partial charge in [-0.1, -0.05) is 0 Å². The molecule has 2 aromatic heterocycles. The molecule has 2 fully saturated rings. The molecule has 34 heavy (non-hydrogen) atoms. The Morgan fingerprint density at radius 3 is 2.74 bits per heavy atom. The van der Waals surface area contributed by atoms with Crippen molar-refractivity contribution in [1.82, 2.24) is 19.5 Å². The Bertz CT molecular complexity index is 1400. The highest BCUT2D eigenvalue weighted by Gasteiger charge is 2.53. The van der Waals surface area contributed by atoms with Crippen LogP contribution >= 0.6 is 0 Å². The summed E-state index contributed by atoms with van der Waals surface area (Å²) in [6.45, 7) is 1.99. The van der Waals surface area contributed by atoms with Gasteiger partial charge in [-0.25, -0.2) is 27.3 Å². The van der Waals surface area contributed by atoms with Gasteiger partial charge in [-0.15, -0.1) is 0 Å². The summed E-state index contributed by atoms with van der Waals surface area (Å²) in [7, 11) is -1.80. The monoisotopic (exact) mass is 488 g/mol. The van der Waals surface area contributed by atoms with Gasteiger partial charge in [0.15, 0.2) is 21.4 Å². The predicted molar refractivity (Wildman–Crippen MR) is 124 cm³/mol. The first-order valence-electron chi connectivity index (χ1n) is 11.3. The Labute approximate surface area is 196 Å². The van der Waals surface area contributed by atoms with Crippen LogP contribution in [0.1, 0.15) is 25.0 Å². The molecule has 1 unspecified atom stereocenters. The number of fused-ring (bicyclic) bond motifs is 4. The minimum atomic E-state index is -3.51. The summed E-state index contributed by atoms with van der Waals surface area (Å²) >= 11 is 0. The molecule has 1 aromatic carbocycles. The lowest BCUT2D eigenvalue weighted by atomic mass is 9.81. The number of imidazole rings is 1.